The summed E-state index contributed by atoms with van der Waals surface area (Å²) in [5, 5.41) is 2.84. The molecular formula is C68H76N2. The standard InChI is InChI=1S/C68H76N2/c1-13-43-21-25-51(37-47(43)17-5)69(52-26-22-44(14-2)48(18-6)38-52)55-29-31-59-63(41-55)67(9,10)61-35-33-58-57(65(59)61)34-36-62-66(58)60-32-30-56(42-64(60)68(62,11)12)70(53-27-23-45(15-3)49(19-7)39-53)54-28-24-46(16-4)50(20-8)40-54/h21-35,37-42,62H,13-20,36H2,1-12H3. The maximum absolute atomic E-state index is 2.61. The van der Waals surface area contributed by atoms with Gasteiger partial charge >= 0.3 is 0 Å². The summed E-state index contributed by atoms with van der Waals surface area (Å²) in [6.07, 6.45) is 11.9. The molecule has 3 aliphatic rings. The molecule has 0 heterocycles. The Balaban J connectivity index is 1.12. The van der Waals surface area contributed by atoms with Crippen LogP contribution >= 0.6 is 0 Å². The molecule has 10 rings (SSSR count). The van der Waals surface area contributed by atoms with E-state index >= 15 is 0 Å². The highest BCUT2D eigenvalue weighted by atomic mass is 15.1. The first-order chi connectivity index (χ1) is 33.8. The summed E-state index contributed by atoms with van der Waals surface area (Å²) in [6.45, 7) is 28.2. The maximum atomic E-state index is 2.61. The predicted octanol–water partition coefficient (Wildman–Crippen LogP) is 16.7. The molecule has 2 nitrogen and oxygen atoms in total. The second-order valence-corrected chi connectivity index (χ2v) is 21.5. The molecule has 1 atom stereocenters. The molecule has 1 unspecified atom stereocenters. The minimum absolute atomic E-state index is 0.0453. The van der Waals surface area contributed by atoms with Crippen LogP contribution in [0.5, 0.6) is 0 Å². The van der Waals surface area contributed by atoms with E-state index in [1.54, 1.807) is 0 Å². The van der Waals surface area contributed by atoms with Crippen molar-refractivity contribution in [2.24, 2.45) is 5.92 Å². The van der Waals surface area contributed by atoms with E-state index in [0.29, 0.717) is 5.92 Å². The van der Waals surface area contributed by atoms with E-state index in [1.807, 2.05) is 0 Å². The van der Waals surface area contributed by atoms with Crippen LogP contribution < -0.4 is 20.2 Å². The van der Waals surface area contributed by atoms with Gasteiger partial charge in [-0.2, -0.15) is 0 Å². The highest BCUT2D eigenvalue weighted by Crippen LogP contribution is 2.54. The Labute approximate surface area is 420 Å². The Morgan fingerprint density at radius 3 is 1.17 bits per heavy atom. The van der Waals surface area contributed by atoms with Crippen LogP contribution in [0.15, 0.2) is 121 Å². The summed E-state index contributed by atoms with van der Waals surface area (Å²) in [7, 11) is 0. The minimum Gasteiger partial charge on any atom is -0.310 e. The van der Waals surface area contributed by atoms with Gasteiger partial charge < -0.3 is 9.80 Å². The number of anilines is 6. The van der Waals surface area contributed by atoms with E-state index in [9.17, 15) is 0 Å². The van der Waals surface area contributed by atoms with Gasteiger partial charge in [-0.05, 0) is 236 Å². The van der Waals surface area contributed by atoms with Crippen LogP contribution in [0.3, 0.4) is 0 Å². The van der Waals surface area contributed by atoms with Crippen molar-refractivity contribution < 1.29 is 0 Å². The van der Waals surface area contributed by atoms with Gasteiger partial charge in [-0.25, -0.2) is 0 Å². The summed E-state index contributed by atoms with van der Waals surface area (Å²) in [5.74, 6) is 0.395. The average molecular weight is 921 g/mol. The Kier molecular flexibility index (Phi) is 12.6. The lowest BCUT2D eigenvalue weighted by Gasteiger charge is -2.31. The third-order valence-electron chi connectivity index (χ3n) is 17.3. The van der Waals surface area contributed by atoms with Crippen LogP contribution in [0.1, 0.15) is 156 Å². The van der Waals surface area contributed by atoms with Crippen molar-refractivity contribution in [1.82, 2.24) is 0 Å². The molecule has 0 N–H and O–H groups in total. The van der Waals surface area contributed by atoms with Gasteiger partial charge in [0, 0.05) is 39.5 Å². The van der Waals surface area contributed by atoms with E-state index in [-0.39, 0.29) is 10.8 Å². The first-order valence-electron chi connectivity index (χ1n) is 27.1. The summed E-state index contributed by atoms with van der Waals surface area (Å²) >= 11 is 0. The first kappa shape index (κ1) is 47.6. The highest BCUT2D eigenvalue weighted by Gasteiger charge is 2.45. The smallest absolute Gasteiger partial charge is 0.0465 e. The largest absolute Gasteiger partial charge is 0.310 e. The average Bonchev–Trinajstić information content (AvgIpc) is 3.77. The third kappa shape index (κ3) is 7.59. The quantitative estimate of drug-likeness (QED) is 0.107. The molecule has 0 saturated carbocycles. The van der Waals surface area contributed by atoms with E-state index in [0.717, 1.165) is 57.8 Å². The number of fused-ring (bicyclic) bond motifs is 8. The van der Waals surface area contributed by atoms with Crippen molar-refractivity contribution in [3.05, 3.63) is 199 Å². The van der Waals surface area contributed by atoms with Gasteiger partial charge in [-0.1, -0.05) is 138 Å². The van der Waals surface area contributed by atoms with Gasteiger partial charge in [0.15, 0.2) is 0 Å². The number of aryl methyl sites for hydroxylation is 8. The molecule has 0 amide bonds. The van der Waals surface area contributed by atoms with Gasteiger partial charge in [0.1, 0.15) is 0 Å². The van der Waals surface area contributed by atoms with Crippen LogP contribution in [0.25, 0.3) is 22.8 Å². The predicted molar refractivity (Wildman–Crippen MR) is 302 cm³/mol. The molecule has 0 aliphatic heterocycles. The monoisotopic (exact) mass is 921 g/mol. The maximum Gasteiger partial charge on any atom is 0.0465 e. The third-order valence-corrected chi connectivity index (χ3v) is 17.3. The Morgan fingerprint density at radius 1 is 0.386 bits per heavy atom. The van der Waals surface area contributed by atoms with Crippen molar-refractivity contribution in [1.29, 1.82) is 0 Å². The summed E-state index contributed by atoms with van der Waals surface area (Å²) < 4.78 is 0. The molecule has 0 radical (unpaired) electrons. The Morgan fingerprint density at radius 2 is 0.757 bits per heavy atom. The number of rotatable bonds is 14. The number of hydrogen-bond acceptors (Lipinski definition) is 2. The fourth-order valence-electron chi connectivity index (χ4n) is 13.2. The number of benzene rings is 7. The zero-order valence-corrected chi connectivity index (χ0v) is 44.5. The fraction of sp³-hybridized carbons (Fsp3) is 0.353. The first-order valence-corrected chi connectivity index (χ1v) is 27.1. The molecule has 0 saturated heterocycles. The van der Waals surface area contributed by atoms with Gasteiger partial charge in [-0.15, -0.1) is 0 Å². The molecular weight excluding hydrogens is 845 g/mol. The zero-order valence-electron chi connectivity index (χ0n) is 44.5. The van der Waals surface area contributed by atoms with Crippen LogP contribution in [0.4, 0.5) is 34.1 Å². The van der Waals surface area contributed by atoms with Crippen molar-refractivity contribution >= 4 is 45.8 Å². The molecule has 0 fully saturated rings. The second kappa shape index (κ2) is 18.6. The molecule has 7 aromatic rings. The molecule has 0 bridgehead atoms. The summed E-state index contributed by atoms with van der Waals surface area (Å²) in [6, 6.07) is 48.5. The van der Waals surface area contributed by atoms with Gasteiger partial charge in [0.25, 0.3) is 0 Å². The van der Waals surface area contributed by atoms with Crippen LogP contribution in [0, 0.1) is 5.92 Å². The fourth-order valence-corrected chi connectivity index (χ4v) is 13.2. The van der Waals surface area contributed by atoms with Crippen LogP contribution in [-0.2, 0) is 62.2 Å². The SMILES string of the molecule is CCc1ccc(N(c2ccc(CC)c(CC)c2)c2ccc3c(c2)C(C)(C)c2ccc4c(c2-3)=CCC2C=4c3ccc(N(c4ccc(CC)c(CC)c4)c4ccc(CC)c(CC)c4)cc3C2(C)C)cc1CC. The van der Waals surface area contributed by atoms with Crippen molar-refractivity contribution in [3.8, 4) is 11.1 Å². The lowest BCUT2D eigenvalue weighted by Crippen LogP contribution is -2.37. The van der Waals surface area contributed by atoms with Crippen molar-refractivity contribution in [2.75, 3.05) is 9.80 Å². The molecule has 0 aromatic heterocycles. The van der Waals surface area contributed by atoms with E-state index < -0.39 is 0 Å². The topological polar surface area (TPSA) is 6.48 Å². The van der Waals surface area contributed by atoms with Gasteiger partial charge in [0.2, 0.25) is 0 Å². The van der Waals surface area contributed by atoms with E-state index in [4.69, 9.17) is 0 Å². The van der Waals surface area contributed by atoms with Crippen molar-refractivity contribution in [3.63, 3.8) is 0 Å². The van der Waals surface area contributed by atoms with Gasteiger partial charge in [0.05, 0.1) is 0 Å². The molecule has 7 aromatic carbocycles. The zero-order chi connectivity index (χ0) is 49.2. The molecule has 2 heteroatoms. The summed E-state index contributed by atoms with van der Waals surface area (Å²) in [5.41, 5.74) is 28.8. The van der Waals surface area contributed by atoms with Crippen LogP contribution in [0.2, 0.25) is 0 Å². The Hall–Kier alpha value is -6.12. The molecule has 0 spiro atoms. The molecule has 70 heavy (non-hydrogen) atoms. The number of hydrogen-bond donors (Lipinski definition) is 0. The lowest BCUT2D eigenvalue weighted by molar-refractivity contribution is 0.420. The normalized spacial score (nSPS) is 15.7. The van der Waals surface area contributed by atoms with Crippen LogP contribution in [-0.4, -0.2) is 0 Å². The van der Waals surface area contributed by atoms with Gasteiger partial charge in [-0.3, -0.25) is 0 Å². The van der Waals surface area contributed by atoms with E-state index in [1.165, 1.54) is 128 Å². The lowest BCUT2D eigenvalue weighted by atomic mass is 9.73. The minimum atomic E-state index is -0.164. The summed E-state index contributed by atoms with van der Waals surface area (Å²) in [4.78, 5) is 5.06. The van der Waals surface area contributed by atoms with Crippen molar-refractivity contribution in [2.45, 2.75) is 152 Å². The highest BCUT2D eigenvalue weighted by molar-refractivity contribution is 5.90. The number of nitrogens with zero attached hydrogens (tertiary/aromatic N) is 2. The molecule has 358 valence electrons. The van der Waals surface area contributed by atoms with E-state index in [2.05, 4.69) is 220 Å². The second-order valence-electron chi connectivity index (χ2n) is 21.5. The molecule has 3 aliphatic carbocycles. The Bertz CT molecular complexity index is 3190.